The Morgan fingerprint density at radius 1 is 1.48 bits per heavy atom. The van der Waals surface area contributed by atoms with Crippen molar-refractivity contribution in [3.05, 3.63) is 43.4 Å². The monoisotopic (exact) mass is 323 g/mol. The second-order valence-electron chi connectivity index (χ2n) is 4.17. The molecular weight excluding hydrogens is 314 g/mol. The van der Waals surface area contributed by atoms with Crippen molar-refractivity contribution in [2.75, 3.05) is 0 Å². The minimum absolute atomic E-state index is 0.155. The maximum atomic E-state index is 11.7. The van der Waals surface area contributed by atoms with Gasteiger partial charge in [-0.05, 0) is 6.92 Å². The Hall–Kier alpha value is -2.26. The highest BCUT2D eigenvalue weighted by molar-refractivity contribution is 7.16. The molecule has 0 aromatic carbocycles. The van der Waals surface area contributed by atoms with Gasteiger partial charge >= 0.3 is 5.97 Å². The third kappa shape index (κ3) is 2.78. The van der Waals surface area contributed by atoms with E-state index in [2.05, 4.69) is 10.1 Å². The number of carboxylic acids is 1. The summed E-state index contributed by atoms with van der Waals surface area (Å²) in [7, 11) is 0. The van der Waals surface area contributed by atoms with Crippen LogP contribution in [0.3, 0.4) is 0 Å². The molecule has 0 aliphatic heterocycles. The van der Waals surface area contributed by atoms with Crippen LogP contribution in [-0.4, -0.2) is 25.7 Å². The Morgan fingerprint density at radius 2 is 2.29 bits per heavy atom. The van der Waals surface area contributed by atoms with Gasteiger partial charge < -0.3 is 9.84 Å². The number of carbonyl (C=O) groups is 1. The molecule has 0 amide bonds. The summed E-state index contributed by atoms with van der Waals surface area (Å²) >= 11 is 2.35. The first kappa shape index (κ1) is 13.7. The van der Waals surface area contributed by atoms with Crippen molar-refractivity contribution in [1.82, 2.24) is 14.6 Å². The van der Waals surface area contributed by atoms with Gasteiger partial charge in [-0.3, -0.25) is 4.79 Å². The third-order valence-corrected chi connectivity index (χ3v) is 4.34. The number of aromatic carboxylic acids is 1. The molecule has 3 heterocycles. The molecule has 0 saturated heterocycles. The maximum absolute atomic E-state index is 11.7. The molecule has 0 unspecified atom stereocenters. The molecule has 0 aliphatic carbocycles. The number of aromatic nitrogens is 3. The molecule has 3 aromatic heterocycles. The van der Waals surface area contributed by atoms with Gasteiger partial charge in [0.2, 0.25) is 4.96 Å². The lowest BCUT2D eigenvalue weighted by atomic mass is 10.4. The lowest BCUT2D eigenvalue weighted by Gasteiger charge is -1.98. The van der Waals surface area contributed by atoms with E-state index in [0.717, 1.165) is 11.3 Å². The first-order valence-corrected chi connectivity index (χ1v) is 7.53. The van der Waals surface area contributed by atoms with Gasteiger partial charge in [0, 0.05) is 23.2 Å². The van der Waals surface area contributed by atoms with Crippen LogP contribution in [0.2, 0.25) is 0 Å². The predicted molar refractivity (Wildman–Crippen MR) is 77.5 cm³/mol. The number of carboxylic acid groups (broad SMARTS) is 1. The number of fused-ring (bicyclic) bond motifs is 1. The van der Waals surface area contributed by atoms with E-state index < -0.39 is 5.97 Å². The molecule has 0 aliphatic rings. The summed E-state index contributed by atoms with van der Waals surface area (Å²) in [5.41, 5.74) is 0.406. The smallest absolute Gasteiger partial charge is 0.346 e. The van der Waals surface area contributed by atoms with Gasteiger partial charge in [-0.15, -0.1) is 11.3 Å². The minimum atomic E-state index is -0.985. The zero-order valence-corrected chi connectivity index (χ0v) is 12.4. The quantitative estimate of drug-likeness (QED) is 0.787. The summed E-state index contributed by atoms with van der Waals surface area (Å²) < 4.78 is 6.70. The first-order chi connectivity index (χ1) is 10.0. The van der Waals surface area contributed by atoms with E-state index in [0.29, 0.717) is 21.4 Å². The van der Waals surface area contributed by atoms with Crippen molar-refractivity contribution in [1.29, 1.82) is 0 Å². The van der Waals surface area contributed by atoms with Gasteiger partial charge in [-0.2, -0.15) is 9.61 Å². The second-order valence-corrected chi connectivity index (χ2v) is 6.12. The first-order valence-electron chi connectivity index (χ1n) is 5.84. The van der Waals surface area contributed by atoms with Crippen LogP contribution in [0, 0.1) is 6.92 Å². The highest BCUT2D eigenvalue weighted by Crippen LogP contribution is 2.23. The molecule has 21 heavy (non-hydrogen) atoms. The van der Waals surface area contributed by atoms with E-state index in [1.807, 2.05) is 0 Å². The van der Waals surface area contributed by atoms with Gasteiger partial charge in [-0.1, -0.05) is 11.3 Å². The van der Waals surface area contributed by atoms with E-state index in [4.69, 9.17) is 9.84 Å². The molecule has 0 saturated carbocycles. The van der Waals surface area contributed by atoms with Crippen molar-refractivity contribution < 1.29 is 14.6 Å². The van der Waals surface area contributed by atoms with Crippen LogP contribution in [0.5, 0.6) is 5.75 Å². The largest absolute Gasteiger partial charge is 0.485 e. The van der Waals surface area contributed by atoms with Crippen molar-refractivity contribution in [2.45, 2.75) is 13.5 Å². The van der Waals surface area contributed by atoms with Gasteiger partial charge in [0.05, 0.1) is 0 Å². The van der Waals surface area contributed by atoms with E-state index in [-0.39, 0.29) is 17.0 Å². The van der Waals surface area contributed by atoms with Crippen LogP contribution in [0.25, 0.3) is 4.96 Å². The van der Waals surface area contributed by atoms with E-state index in [1.165, 1.54) is 28.0 Å². The topological polar surface area (TPSA) is 93.8 Å². The molecule has 0 fully saturated rings. The lowest BCUT2D eigenvalue weighted by Crippen LogP contribution is -2.14. The van der Waals surface area contributed by atoms with Crippen LogP contribution < -0.4 is 10.3 Å². The summed E-state index contributed by atoms with van der Waals surface area (Å²) in [6.45, 7) is 1.90. The summed E-state index contributed by atoms with van der Waals surface area (Å²) in [5.74, 6) is -0.519. The Bertz CT molecular complexity index is 880. The second kappa shape index (κ2) is 5.26. The average Bonchev–Trinajstić information content (AvgIpc) is 3.02. The van der Waals surface area contributed by atoms with Crippen LogP contribution >= 0.6 is 22.7 Å². The molecule has 0 bridgehead atoms. The number of ether oxygens (including phenoxy) is 1. The maximum Gasteiger partial charge on any atom is 0.346 e. The Kier molecular flexibility index (Phi) is 3.43. The van der Waals surface area contributed by atoms with Gasteiger partial charge in [0.25, 0.3) is 5.56 Å². The van der Waals surface area contributed by atoms with Crippen LogP contribution in [0.4, 0.5) is 0 Å². The van der Waals surface area contributed by atoms with Crippen molar-refractivity contribution in [3.63, 3.8) is 0 Å². The molecule has 3 aromatic rings. The molecule has 0 radical (unpaired) electrons. The molecule has 108 valence electrons. The predicted octanol–water partition coefficient (Wildman–Crippen LogP) is 1.80. The van der Waals surface area contributed by atoms with Crippen molar-refractivity contribution >= 4 is 33.6 Å². The third-order valence-electron chi connectivity index (χ3n) is 2.56. The Labute approximate surface area is 126 Å². The number of thiophene rings is 1. The van der Waals surface area contributed by atoms with Crippen LogP contribution in [-0.2, 0) is 6.61 Å². The van der Waals surface area contributed by atoms with Gasteiger partial charge in [0.15, 0.2) is 5.01 Å². The number of rotatable bonds is 4. The molecule has 0 atom stereocenters. The number of hydrogen-bond donors (Lipinski definition) is 1. The molecule has 0 spiro atoms. The highest BCUT2D eigenvalue weighted by atomic mass is 32.1. The molecule has 1 N–H and O–H groups in total. The number of nitrogens with zero attached hydrogens (tertiary/aromatic N) is 3. The van der Waals surface area contributed by atoms with Crippen LogP contribution in [0.15, 0.2) is 22.3 Å². The number of hydrogen-bond acceptors (Lipinski definition) is 7. The average molecular weight is 323 g/mol. The number of aryl methyl sites for hydroxylation is 1. The summed E-state index contributed by atoms with van der Waals surface area (Å²) in [6, 6.07) is 2.87. The SMILES string of the molecule is Cc1cc(=O)n2nc(COc3csc(C(=O)O)c3)sc2n1. The molecule has 7 nitrogen and oxygen atoms in total. The van der Waals surface area contributed by atoms with Crippen LogP contribution in [0.1, 0.15) is 20.4 Å². The lowest BCUT2D eigenvalue weighted by molar-refractivity contribution is 0.0702. The fourth-order valence-electron chi connectivity index (χ4n) is 1.67. The summed E-state index contributed by atoms with van der Waals surface area (Å²) in [4.78, 5) is 27.4. The normalized spacial score (nSPS) is 10.9. The minimum Gasteiger partial charge on any atom is -0.485 e. The van der Waals surface area contributed by atoms with Gasteiger partial charge in [0.1, 0.15) is 17.2 Å². The molecule has 9 heteroatoms. The Morgan fingerprint density at radius 3 is 3.00 bits per heavy atom. The van der Waals surface area contributed by atoms with Crippen molar-refractivity contribution in [2.24, 2.45) is 0 Å². The summed E-state index contributed by atoms with van der Waals surface area (Å²) in [6.07, 6.45) is 0. The standard InChI is InChI=1S/C12H9N3O4S2/c1-6-2-10(16)15-12(13-6)21-9(14-15)4-19-7-3-8(11(17)18)20-5-7/h2-3,5H,4H2,1H3,(H,17,18). The zero-order chi connectivity index (χ0) is 15.0. The highest BCUT2D eigenvalue weighted by Gasteiger charge is 2.10. The fourth-order valence-corrected chi connectivity index (χ4v) is 3.19. The zero-order valence-electron chi connectivity index (χ0n) is 10.8. The fraction of sp³-hybridized carbons (Fsp3) is 0.167. The van der Waals surface area contributed by atoms with E-state index >= 15 is 0 Å². The molecular formula is C12H9N3O4S2. The Balaban J connectivity index is 1.80. The van der Waals surface area contributed by atoms with Crippen molar-refractivity contribution in [3.8, 4) is 5.75 Å². The summed E-state index contributed by atoms with van der Waals surface area (Å²) in [5, 5.41) is 15.2. The van der Waals surface area contributed by atoms with Gasteiger partial charge in [-0.25, -0.2) is 9.78 Å². The van der Waals surface area contributed by atoms with E-state index in [1.54, 1.807) is 12.3 Å². The van der Waals surface area contributed by atoms with E-state index in [9.17, 15) is 9.59 Å². The molecule has 3 rings (SSSR count).